The number of carboxylic acids is 1. The zero-order valence-corrected chi connectivity index (χ0v) is 13.8. The van der Waals surface area contributed by atoms with E-state index in [1.807, 2.05) is 30.3 Å². The fourth-order valence-electron chi connectivity index (χ4n) is 2.49. The van der Waals surface area contributed by atoms with Gasteiger partial charge in [0.1, 0.15) is 0 Å². The van der Waals surface area contributed by atoms with Crippen molar-refractivity contribution < 1.29 is 19.4 Å². The molecular weight excluding hydrogens is 304 g/mol. The summed E-state index contributed by atoms with van der Waals surface area (Å²) in [5.41, 5.74) is 1.90. The van der Waals surface area contributed by atoms with Gasteiger partial charge in [-0.25, -0.2) is 9.59 Å². The van der Waals surface area contributed by atoms with Crippen molar-refractivity contribution >= 4 is 11.9 Å². The van der Waals surface area contributed by atoms with Gasteiger partial charge in [-0.1, -0.05) is 62.6 Å². The largest absolute Gasteiger partial charge is 0.478 e. The molecule has 0 unspecified atom stereocenters. The van der Waals surface area contributed by atoms with E-state index in [1.165, 1.54) is 12.1 Å². The van der Waals surface area contributed by atoms with Crippen LogP contribution in [0.4, 0.5) is 0 Å². The lowest BCUT2D eigenvalue weighted by atomic mass is 9.97. The van der Waals surface area contributed by atoms with Crippen molar-refractivity contribution in [1.82, 2.24) is 0 Å². The second-order valence-corrected chi connectivity index (χ2v) is 5.63. The number of unbranched alkanes of at least 4 members (excludes halogenated alkanes) is 3. The second-order valence-electron chi connectivity index (χ2n) is 5.63. The maximum Gasteiger partial charge on any atom is 0.338 e. The van der Waals surface area contributed by atoms with Crippen LogP contribution in [-0.4, -0.2) is 23.7 Å². The van der Waals surface area contributed by atoms with E-state index in [0.29, 0.717) is 12.2 Å². The van der Waals surface area contributed by atoms with Crippen LogP contribution in [0, 0.1) is 0 Å². The van der Waals surface area contributed by atoms with Crippen LogP contribution in [0.15, 0.2) is 48.5 Å². The molecular formula is C20H22O4. The number of carboxylic acid groups (broad SMARTS) is 1. The summed E-state index contributed by atoms with van der Waals surface area (Å²) in [7, 11) is 0. The topological polar surface area (TPSA) is 63.6 Å². The van der Waals surface area contributed by atoms with E-state index in [2.05, 4.69) is 6.92 Å². The predicted molar refractivity (Wildman–Crippen MR) is 93.3 cm³/mol. The van der Waals surface area contributed by atoms with Gasteiger partial charge in [0.2, 0.25) is 0 Å². The maximum absolute atomic E-state index is 12.4. The molecule has 0 aliphatic heterocycles. The summed E-state index contributed by atoms with van der Waals surface area (Å²) in [5.74, 6) is -1.54. The average Bonchev–Trinajstić information content (AvgIpc) is 2.61. The molecule has 0 saturated carbocycles. The van der Waals surface area contributed by atoms with E-state index in [-0.39, 0.29) is 11.1 Å². The Morgan fingerprint density at radius 3 is 2.42 bits per heavy atom. The molecule has 0 amide bonds. The van der Waals surface area contributed by atoms with Gasteiger partial charge in [0.25, 0.3) is 0 Å². The van der Waals surface area contributed by atoms with Gasteiger partial charge >= 0.3 is 11.9 Å². The minimum absolute atomic E-state index is 0.0765. The molecule has 2 aromatic carbocycles. The Kier molecular flexibility index (Phi) is 6.55. The first-order chi connectivity index (χ1) is 11.6. The Bertz CT molecular complexity index is 692. The monoisotopic (exact) mass is 326 g/mol. The van der Waals surface area contributed by atoms with Crippen LogP contribution in [0.25, 0.3) is 11.1 Å². The van der Waals surface area contributed by atoms with Crippen molar-refractivity contribution in [2.45, 2.75) is 32.6 Å². The van der Waals surface area contributed by atoms with Crippen molar-refractivity contribution in [2.75, 3.05) is 6.61 Å². The van der Waals surface area contributed by atoms with E-state index >= 15 is 0 Å². The number of hydrogen-bond donors (Lipinski definition) is 1. The highest BCUT2D eigenvalue weighted by atomic mass is 16.5. The molecule has 1 N–H and O–H groups in total. The molecule has 0 fully saturated rings. The first-order valence-corrected chi connectivity index (χ1v) is 8.23. The van der Waals surface area contributed by atoms with Crippen LogP contribution in [-0.2, 0) is 4.74 Å². The van der Waals surface area contributed by atoms with Crippen molar-refractivity contribution in [3.63, 3.8) is 0 Å². The van der Waals surface area contributed by atoms with Gasteiger partial charge in [-0.2, -0.15) is 0 Å². The molecule has 0 bridgehead atoms. The van der Waals surface area contributed by atoms with E-state index in [4.69, 9.17) is 4.74 Å². The Morgan fingerprint density at radius 1 is 1.00 bits per heavy atom. The third-order valence-corrected chi connectivity index (χ3v) is 3.80. The van der Waals surface area contributed by atoms with Crippen LogP contribution in [0.3, 0.4) is 0 Å². The van der Waals surface area contributed by atoms with Crippen LogP contribution < -0.4 is 0 Å². The SMILES string of the molecule is CCCCCCOC(=O)c1cc(C(=O)O)ccc1-c1ccccc1. The van der Waals surface area contributed by atoms with Crippen LogP contribution >= 0.6 is 0 Å². The standard InChI is InChI=1S/C20H22O4/c1-2-3-4-8-13-24-20(23)18-14-16(19(21)22)11-12-17(18)15-9-6-5-7-10-15/h5-7,9-12,14H,2-4,8,13H2,1H3,(H,21,22). The molecule has 126 valence electrons. The molecule has 0 spiro atoms. The smallest absolute Gasteiger partial charge is 0.338 e. The third-order valence-electron chi connectivity index (χ3n) is 3.80. The van der Waals surface area contributed by atoms with E-state index in [9.17, 15) is 14.7 Å². The number of carbonyl (C=O) groups excluding carboxylic acids is 1. The fourth-order valence-corrected chi connectivity index (χ4v) is 2.49. The number of benzene rings is 2. The number of hydrogen-bond acceptors (Lipinski definition) is 3. The highest BCUT2D eigenvalue weighted by Crippen LogP contribution is 2.25. The Labute approximate surface area is 142 Å². The highest BCUT2D eigenvalue weighted by molar-refractivity contribution is 6.00. The summed E-state index contributed by atoms with van der Waals surface area (Å²) >= 11 is 0. The van der Waals surface area contributed by atoms with Crippen molar-refractivity contribution in [1.29, 1.82) is 0 Å². The molecule has 4 nitrogen and oxygen atoms in total. The molecule has 2 rings (SSSR count). The Balaban J connectivity index is 2.23. The number of aromatic carboxylic acids is 1. The second kappa shape index (κ2) is 8.87. The first-order valence-electron chi connectivity index (χ1n) is 8.23. The molecule has 24 heavy (non-hydrogen) atoms. The minimum Gasteiger partial charge on any atom is -0.478 e. The van der Waals surface area contributed by atoms with Crippen LogP contribution in [0.2, 0.25) is 0 Å². The van der Waals surface area contributed by atoms with Gasteiger partial charge < -0.3 is 9.84 Å². The summed E-state index contributed by atoms with van der Waals surface area (Å²) in [6, 6.07) is 14.0. The molecule has 0 aromatic heterocycles. The molecule has 0 atom stereocenters. The number of rotatable bonds is 8. The lowest BCUT2D eigenvalue weighted by Crippen LogP contribution is -2.10. The Hall–Kier alpha value is -2.62. The minimum atomic E-state index is -1.06. The van der Waals surface area contributed by atoms with E-state index in [1.54, 1.807) is 6.07 Å². The van der Waals surface area contributed by atoms with Crippen molar-refractivity contribution in [3.05, 3.63) is 59.7 Å². The lowest BCUT2D eigenvalue weighted by Gasteiger charge is -2.11. The molecule has 0 saturated heterocycles. The zero-order chi connectivity index (χ0) is 17.4. The predicted octanol–water partition coefficient (Wildman–Crippen LogP) is 4.79. The molecule has 0 aliphatic rings. The number of carbonyl (C=O) groups is 2. The quantitative estimate of drug-likeness (QED) is 0.559. The van der Waals surface area contributed by atoms with E-state index < -0.39 is 11.9 Å². The van der Waals surface area contributed by atoms with Gasteiger partial charge in [-0.15, -0.1) is 0 Å². The van der Waals surface area contributed by atoms with Gasteiger partial charge in [-0.3, -0.25) is 0 Å². The molecule has 4 heteroatoms. The average molecular weight is 326 g/mol. The van der Waals surface area contributed by atoms with Gasteiger partial charge in [0.05, 0.1) is 17.7 Å². The number of esters is 1. The first kappa shape index (κ1) is 17.7. The summed E-state index contributed by atoms with van der Waals surface area (Å²) in [4.78, 5) is 23.6. The summed E-state index contributed by atoms with van der Waals surface area (Å²) in [6.07, 6.45) is 4.07. The highest BCUT2D eigenvalue weighted by Gasteiger charge is 2.17. The molecule has 0 radical (unpaired) electrons. The zero-order valence-electron chi connectivity index (χ0n) is 13.8. The summed E-state index contributed by atoms with van der Waals surface area (Å²) < 4.78 is 5.34. The summed E-state index contributed by atoms with van der Waals surface area (Å²) in [6.45, 7) is 2.47. The molecule has 0 heterocycles. The lowest BCUT2D eigenvalue weighted by molar-refractivity contribution is 0.0498. The van der Waals surface area contributed by atoms with Crippen LogP contribution in [0.1, 0.15) is 53.3 Å². The third kappa shape index (κ3) is 4.69. The van der Waals surface area contributed by atoms with Gasteiger partial charge in [-0.05, 0) is 29.7 Å². The molecule has 0 aliphatic carbocycles. The fraction of sp³-hybridized carbons (Fsp3) is 0.300. The summed E-state index contributed by atoms with van der Waals surface area (Å²) in [5, 5.41) is 9.17. The Morgan fingerprint density at radius 2 is 1.75 bits per heavy atom. The van der Waals surface area contributed by atoms with Gasteiger partial charge in [0.15, 0.2) is 0 Å². The normalized spacial score (nSPS) is 10.4. The maximum atomic E-state index is 12.4. The van der Waals surface area contributed by atoms with Crippen molar-refractivity contribution in [3.8, 4) is 11.1 Å². The van der Waals surface area contributed by atoms with Crippen molar-refractivity contribution in [2.24, 2.45) is 0 Å². The van der Waals surface area contributed by atoms with E-state index in [0.717, 1.165) is 31.2 Å². The number of ether oxygens (including phenoxy) is 1. The molecule has 2 aromatic rings. The van der Waals surface area contributed by atoms with Crippen LogP contribution in [0.5, 0.6) is 0 Å². The van der Waals surface area contributed by atoms with Gasteiger partial charge in [0, 0.05) is 0 Å².